The molecule has 5 heteroatoms. The largest absolute Gasteiger partial charge is 0.490 e. The monoisotopic (exact) mass is 267 g/mol. The van der Waals surface area contributed by atoms with Crippen LogP contribution in [0.15, 0.2) is 11.4 Å². The Morgan fingerprint density at radius 2 is 2.17 bits per heavy atom. The maximum Gasteiger partial charge on any atom is 0.193 e. The molecule has 2 rings (SSSR count). The summed E-state index contributed by atoms with van der Waals surface area (Å²) in [5, 5.41) is 4.95. The van der Waals surface area contributed by atoms with Crippen molar-refractivity contribution in [1.29, 1.82) is 0 Å². The molecule has 0 atom stereocenters. The Hall–Kier alpha value is -0.970. The summed E-state index contributed by atoms with van der Waals surface area (Å²) in [6.45, 7) is 3.04. The smallest absolute Gasteiger partial charge is 0.193 e. The van der Waals surface area contributed by atoms with Gasteiger partial charge in [-0.05, 0) is 19.3 Å². The Morgan fingerprint density at radius 3 is 2.83 bits per heavy atom. The predicted molar refractivity (Wildman–Crippen MR) is 75.5 cm³/mol. The van der Waals surface area contributed by atoms with Crippen LogP contribution in [0, 0.1) is 0 Å². The summed E-state index contributed by atoms with van der Waals surface area (Å²) < 4.78 is 5.48. The third-order valence-electron chi connectivity index (χ3n) is 3.10. The molecule has 1 aromatic heterocycles. The summed E-state index contributed by atoms with van der Waals surface area (Å²) in [5.41, 5.74) is 0. The van der Waals surface area contributed by atoms with Crippen LogP contribution in [0.25, 0.3) is 0 Å². The maximum atomic E-state index is 5.48. The van der Waals surface area contributed by atoms with Crippen molar-refractivity contribution in [1.82, 2.24) is 9.97 Å². The Balaban J connectivity index is 2.12. The fourth-order valence-corrected chi connectivity index (χ4v) is 3.44. The fraction of sp³-hybridized carbons (Fsp3) is 0.692. The predicted octanol–water partition coefficient (Wildman–Crippen LogP) is 3.34. The van der Waals surface area contributed by atoms with E-state index in [-0.39, 0.29) is 0 Å². The van der Waals surface area contributed by atoms with E-state index in [1.54, 1.807) is 13.4 Å². The average molecular weight is 267 g/mol. The number of hydrogen-bond acceptors (Lipinski definition) is 5. The molecule has 1 heterocycles. The van der Waals surface area contributed by atoms with E-state index >= 15 is 0 Å². The summed E-state index contributed by atoms with van der Waals surface area (Å²) in [5.74, 6) is 1.61. The lowest BCUT2D eigenvalue weighted by molar-refractivity contribution is 0.400. The second-order valence-electron chi connectivity index (χ2n) is 4.51. The van der Waals surface area contributed by atoms with Gasteiger partial charge in [0.15, 0.2) is 11.6 Å². The number of rotatable bonds is 6. The van der Waals surface area contributed by atoms with Crippen LogP contribution in [0.4, 0.5) is 5.82 Å². The van der Waals surface area contributed by atoms with Crippen molar-refractivity contribution < 1.29 is 4.74 Å². The molecule has 1 aliphatic carbocycles. The topological polar surface area (TPSA) is 47.0 Å². The Bertz CT molecular complexity index is 380. The second kappa shape index (κ2) is 6.83. The van der Waals surface area contributed by atoms with Gasteiger partial charge in [-0.1, -0.05) is 31.5 Å². The van der Waals surface area contributed by atoms with Crippen LogP contribution >= 0.6 is 11.8 Å². The van der Waals surface area contributed by atoms with Crippen LogP contribution < -0.4 is 10.1 Å². The molecule has 0 bridgehead atoms. The zero-order valence-corrected chi connectivity index (χ0v) is 11.9. The molecule has 1 aromatic rings. The number of aromatic nitrogens is 2. The van der Waals surface area contributed by atoms with Crippen molar-refractivity contribution in [2.75, 3.05) is 19.0 Å². The first-order valence-electron chi connectivity index (χ1n) is 6.64. The van der Waals surface area contributed by atoms with E-state index in [1.165, 1.54) is 25.7 Å². The highest BCUT2D eigenvalue weighted by Gasteiger charge is 2.20. The molecule has 4 nitrogen and oxygen atoms in total. The SMILES string of the molecule is CCCNc1ncnc(SC2CCCC2)c1OC. The van der Waals surface area contributed by atoms with Gasteiger partial charge in [-0.15, -0.1) is 0 Å². The van der Waals surface area contributed by atoms with Crippen molar-refractivity contribution in [2.45, 2.75) is 49.3 Å². The molecule has 18 heavy (non-hydrogen) atoms. The van der Waals surface area contributed by atoms with Crippen molar-refractivity contribution >= 4 is 17.6 Å². The zero-order chi connectivity index (χ0) is 12.8. The van der Waals surface area contributed by atoms with E-state index in [1.807, 2.05) is 11.8 Å². The summed E-state index contributed by atoms with van der Waals surface area (Å²) in [7, 11) is 1.69. The lowest BCUT2D eigenvalue weighted by Crippen LogP contribution is -2.06. The van der Waals surface area contributed by atoms with Gasteiger partial charge < -0.3 is 10.1 Å². The summed E-state index contributed by atoms with van der Waals surface area (Å²) >= 11 is 1.83. The second-order valence-corrected chi connectivity index (χ2v) is 5.80. The molecular weight excluding hydrogens is 246 g/mol. The number of anilines is 1. The van der Waals surface area contributed by atoms with Gasteiger partial charge in [0.25, 0.3) is 0 Å². The molecule has 0 saturated heterocycles. The lowest BCUT2D eigenvalue weighted by Gasteiger charge is -2.14. The average Bonchev–Trinajstić information content (AvgIpc) is 2.89. The van der Waals surface area contributed by atoms with Crippen molar-refractivity contribution in [3.63, 3.8) is 0 Å². The number of hydrogen-bond donors (Lipinski definition) is 1. The highest BCUT2D eigenvalue weighted by Crippen LogP contribution is 2.39. The molecule has 1 aliphatic rings. The molecule has 1 fully saturated rings. The van der Waals surface area contributed by atoms with E-state index in [2.05, 4.69) is 22.2 Å². The molecule has 100 valence electrons. The molecule has 0 spiro atoms. The van der Waals surface area contributed by atoms with Crippen LogP contribution in [0.3, 0.4) is 0 Å². The highest BCUT2D eigenvalue weighted by atomic mass is 32.2. The first-order valence-corrected chi connectivity index (χ1v) is 7.52. The normalized spacial score (nSPS) is 15.9. The number of nitrogens with zero attached hydrogens (tertiary/aromatic N) is 2. The first kappa shape index (κ1) is 13.5. The van der Waals surface area contributed by atoms with E-state index in [9.17, 15) is 0 Å². The molecule has 0 aliphatic heterocycles. The van der Waals surface area contributed by atoms with Crippen LogP contribution in [-0.4, -0.2) is 28.9 Å². The Labute approximate surface area is 113 Å². The van der Waals surface area contributed by atoms with E-state index < -0.39 is 0 Å². The number of nitrogens with one attached hydrogen (secondary N) is 1. The molecule has 0 unspecified atom stereocenters. The van der Waals surface area contributed by atoms with Gasteiger partial charge in [0.2, 0.25) is 0 Å². The van der Waals surface area contributed by atoms with Gasteiger partial charge in [-0.2, -0.15) is 0 Å². The fourth-order valence-electron chi connectivity index (χ4n) is 2.16. The van der Waals surface area contributed by atoms with Crippen LogP contribution in [-0.2, 0) is 0 Å². The summed E-state index contributed by atoms with van der Waals surface area (Å²) in [4.78, 5) is 8.63. The highest BCUT2D eigenvalue weighted by molar-refractivity contribution is 8.00. The number of ether oxygens (including phenoxy) is 1. The molecule has 1 saturated carbocycles. The summed E-state index contributed by atoms with van der Waals surface area (Å²) in [6.07, 6.45) is 7.94. The standard InChI is InChI=1S/C13H21N3OS/c1-3-8-14-12-11(17-2)13(16-9-15-12)18-10-6-4-5-7-10/h9-10H,3-8H2,1-2H3,(H,14,15,16). The molecule has 0 radical (unpaired) electrons. The van der Waals surface area contributed by atoms with Crippen LogP contribution in [0.5, 0.6) is 5.75 Å². The minimum atomic E-state index is 0.688. The van der Waals surface area contributed by atoms with Gasteiger partial charge >= 0.3 is 0 Å². The Morgan fingerprint density at radius 1 is 1.39 bits per heavy atom. The van der Waals surface area contributed by atoms with E-state index in [4.69, 9.17) is 4.74 Å². The third-order valence-corrected chi connectivity index (χ3v) is 4.42. The van der Waals surface area contributed by atoms with Crippen molar-refractivity contribution in [3.05, 3.63) is 6.33 Å². The van der Waals surface area contributed by atoms with Crippen LogP contribution in [0.2, 0.25) is 0 Å². The molecular formula is C13H21N3OS. The number of thioether (sulfide) groups is 1. The number of methoxy groups -OCH3 is 1. The van der Waals surface area contributed by atoms with Crippen LogP contribution in [0.1, 0.15) is 39.0 Å². The zero-order valence-electron chi connectivity index (χ0n) is 11.1. The lowest BCUT2D eigenvalue weighted by atomic mass is 10.4. The Kier molecular flexibility index (Phi) is 5.11. The van der Waals surface area contributed by atoms with Gasteiger partial charge in [0.05, 0.1) is 7.11 Å². The van der Waals surface area contributed by atoms with Gasteiger partial charge in [-0.25, -0.2) is 9.97 Å². The molecule has 0 amide bonds. The quantitative estimate of drug-likeness (QED) is 0.801. The van der Waals surface area contributed by atoms with Gasteiger partial charge in [-0.3, -0.25) is 0 Å². The van der Waals surface area contributed by atoms with Crippen molar-refractivity contribution in [3.8, 4) is 5.75 Å². The minimum absolute atomic E-state index is 0.688. The van der Waals surface area contributed by atoms with Gasteiger partial charge in [0, 0.05) is 11.8 Å². The molecule has 1 N–H and O–H groups in total. The van der Waals surface area contributed by atoms with Gasteiger partial charge in [0.1, 0.15) is 11.4 Å². The van der Waals surface area contributed by atoms with E-state index in [0.29, 0.717) is 5.25 Å². The minimum Gasteiger partial charge on any atom is -0.490 e. The third kappa shape index (κ3) is 3.28. The summed E-state index contributed by atoms with van der Waals surface area (Å²) in [6, 6.07) is 0. The van der Waals surface area contributed by atoms with Crippen molar-refractivity contribution in [2.24, 2.45) is 0 Å². The molecule has 0 aromatic carbocycles. The van der Waals surface area contributed by atoms with E-state index in [0.717, 1.165) is 29.6 Å². The first-order chi connectivity index (χ1) is 8.85. The maximum absolute atomic E-state index is 5.48.